The van der Waals surface area contributed by atoms with Crippen LogP contribution in [-0.4, -0.2) is 23.1 Å². The van der Waals surface area contributed by atoms with Crippen LogP contribution >= 0.6 is 11.6 Å². The summed E-state index contributed by atoms with van der Waals surface area (Å²) >= 11 is 6.65. The molecule has 0 bridgehead atoms. The van der Waals surface area contributed by atoms with Gasteiger partial charge in [0.15, 0.2) is 10.7 Å². The quantitative estimate of drug-likeness (QED) is 0.627. The van der Waals surface area contributed by atoms with Gasteiger partial charge in [-0.05, 0) is 30.0 Å². The Hall–Kier alpha value is -2.13. The monoisotopic (exact) mass is 325 g/mol. The largest absolute Gasteiger partial charge is 0.309 e. The zero-order valence-electron chi connectivity index (χ0n) is 12.6. The molecule has 0 saturated heterocycles. The first-order valence-electron chi connectivity index (χ1n) is 7.83. The van der Waals surface area contributed by atoms with Gasteiger partial charge in [-0.15, -0.1) is 0 Å². The van der Waals surface area contributed by atoms with E-state index in [9.17, 15) is 9.59 Å². The van der Waals surface area contributed by atoms with E-state index in [4.69, 9.17) is 11.6 Å². The minimum absolute atomic E-state index is 0.216. The Labute approximate surface area is 139 Å². The van der Waals surface area contributed by atoms with Crippen LogP contribution in [0.4, 0.5) is 5.69 Å². The van der Waals surface area contributed by atoms with Crippen molar-refractivity contribution in [3.63, 3.8) is 0 Å². The predicted molar refractivity (Wildman–Crippen MR) is 90.2 cm³/mol. The number of rotatable bonds is 2. The number of hydrogen-bond donors (Lipinski definition) is 0. The lowest BCUT2D eigenvalue weighted by molar-refractivity contribution is -0.120. The third kappa shape index (κ3) is 2.11. The summed E-state index contributed by atoms with van der Waals surface area (Å²) in [5, 5.41) is 0. The Bertz CT molecular complexity index is 802. The number of aryl methyl sites for hydroxylation is 1. The number of anilines is 1. The second kappa shape index (κ2) is 5.20. The highest BCUT2D eigenvalue weighted by Gasteiger charge is 2.52. The van der Waals surface area contributed by atoms with E-state index in [1.54, 1.807) is 11.0 Å². The Morgan fingerprint density at radius 3 is 2.61 bits per heavy atom. The fraction of sp³-hybridized carbons (Fsp3) is 0.263. The van der Waals surface area contributed by atoms with Gasteiger partial charge < -0.3 is 4.90 Å². The van der Waals surface area contributed by atoms with E-state index in [1.807, 2.05) is 42.5 Å². The molecule has 0 saturated carbocycles. The molecule has 2 heterocycles. The summed E-state index contributed by atoms with van der Waals surface area (Å²) in [7, 11) is 0. The maximum Gasteiger partial charge on any atom is 0.256 e. The van der Waals surface area contributed by atoms with E-state index in [0.29, 0.717) is 12.1 Å². The number of para-hydroxylation sites is 1. The van der Waals surface area contributed by atoms with Crippen LogP contribution in [0.1, 0.15) is 27.9 Å². The van der Waals surface area contributed by atoms with Crippen LogP contribution in [0, 0.1) is 0 Å². The molecule has 0 aromatic heterocycles. The zero-order chi connectivity index (χ0) is 16.0. The lowest BCUT2D eigenvalue weighted by Gasteiger charge is -2.41. The minimum Gasteiger partial charge on any atom is -0.309 e. The van der Waals surface area contributed by atoms with Gasteiger partial charge in [0.1, 0.15) is 0 Å². The van der Waals surface area contributed by atoms with Crippen LogP contribution in [-0.2, 0) is 17.6 Å². The van der Waals surface area contributed by atoms with Gasteiger partial charge in [-0.1, -0.05) is 54.1 Å². The number of carbonyl (C=O) groups excluding carboxylic acids is 2. The third-order valence-corrected chi connectivity index (χ3v) is 5.16. The minimum atomic E-state index is -1.54. The van der Waals surface area contributed by atoms with Gasteiger partial charge >= 0.3 is 0 Å². The molecule has 0 spiro atoms. The van der Waals surface area contributed by atoms with Crippen LogP contribution in [0.3, 0.4) is 0 Å². The molecule has 2 aliphatic rings. The number of halogens is 1. The van der Waals surface area contributed by atoms with Crippen LogP contribution in [0.15, 0.2) is 48.5 Å². The van der Waals surface area contributed by atoms with Crippen molar-refractivity contribution in [3.8, 4) is 0 Å². The molecule has 1 unspecified atom stereocenters. The highest BCUT2D eigenvalue weighted by molar-refractivity contribution is 6.52. The van der Waals surface area contributed by atoms with Crippen molar-refractivity contribution in [2.45, 2.75) is 24.1 Å². The van der Waals surface area contributed by atoms with Crippen LogP contribution in [0.5, 0.6) is 0 Å². The SMILES string of the molecule is O=C1c2cccc3c2N(CCC3)C(=O)C1(Cl)Cc1ccccc1. The molecule has 2 aromatic rings. The van der Waals surface area contributed by atoms with Gasteiger partial charge in [-0.3, -0.25) is 9.59 Å². The average Bonchev–Trinajstić information content (AvgIpc) is 2.59. The van der Waals surface area contributed by atoms with Gasteiger partial charge in [-0.25, -0.2) is 0 Å². The summed E-state index contributed by atoms with van der Waals surface area (Å²) in [5.41, 5.74) is 3.31. The number of amides is 1. The summed E-state index contributed by atoms with van der Waals surface area (Å²) in [6, 6.07) is 15.1. The number of hydrogen-bond acceptors (Lipinski definition) is 2. The number of carbonyl (C=O) groups is 2. The second-order valence-corrected chi connectivity index (χ2v) is 6.81. The third-order valence-electron chi connectivity index (χ3n) is 4.70. The first-order chi connectivity index (χ1) is 11.1. The van der Waals surface area contributed by atoms with Crippen LogP contribution < -0.4 is 4.90 Å². The van der Waals surface area contributed by atoms with Gasteiger partial charge in [0, 0.05) is 18.5 Å². The highest BCUT2D eigenvalue weighted by atomic mass is 35.5. The fourth-order valence-corrected chi connectivity index (χ4v) is 3.95. The summed E-state index contributed by atoms with van der Waals surface area (Å²) in [4.78, 5) is 26.2. The number of alkyl halides is 1. The highest BCUT2D eigenvalue weighted by Crippen LogP contribution is 2.42. The fourth-order valence-electron chi connectivity index (χ4n) is 3.60. The molecule has 4 heteroatoms. The topological polar surface area (TPSA) is 37.4 Å². The van der Waals surface area contributed by atoms with E-state index in [-0.39, 0.29) is 18.1 Å². The second-order valence-electron chi connectivity index (χ2n) is 6.17. The first-order valence-corrected chi connectivity index (χ1v) is 8.20. The Morgan fingerprint density at radius 1 is 1.04 bits per heavy atom. The molecule has 0 aliphatic carbocycles. The molecule has 116 valence electrons. The molecular weight excluding hydrogens is 310 g/mol. The molecular formula is C19H16ClNO2. The standard InChI is InChI=1S/C19H16ClNO2/c20-19(12-13-6-2-1-3-7-13)17(22)15-10-4-8-14-9-5-11-21(16(14)15)18(19)23/h1-4,6-8,10H,5,9,11-12H2. The van der Waals surface area contributed by atoms with E-state index in [2.05, 4.69) is 0 Å². The summed E-state index contributed by atoms with van der Waals surface area (Å²) in [5.74, 6) is -0.560. The molecule has 0 fully saturated rings. The smallest absolute Gasteiger partial charge is 0.256 e. The average molecular weight is 326 g/mol. The molecule has 4 rings (SSSR count). The number of Topliss-reactive ketones (excluding diaryl/α,β-unsaturated/α-hetero) is 1. The van der Waals surface area contributed by atoms with Gasteiger partial charge in [-0.2, -0.15) is 0 Å². The Balaban J connectivity index is 1.84. The maximum atomic E-state index is 13.0. The Kier molecular flexibility index (Phi) is 3.27. The van der Waals surface area contributed by atoms with Crippen molar-refractivity contribution in [1.82, 2.24) is 0 Å². The first kappa shape index (κ1) is 14.5. The van der Waals surface area contributed by atoms with Gasteiger partial charge in [0.05, 0.1) is 5.69 Å². The van der Waals surface area contributed by atoms with Crippen molar-refractivity contribution in [2.24, 2.45) is 0 Å². The number of benzene rings is 2. The molecule has 3 nitrogen and oxygen atoms in total. The molecule has 1 amide bonds. The van der Waals surface area contributed by atoms with Gasteiger partial charge in [0.2, 0.25) is 0 Å². The summed E-state index contributed by atoms with van der Waals surface area (Å²) in [6.45, 7) is 0.624. The Morgan fingerprint density at radius 2 is 1.83 bits per heavy atom. The van der Waals surface area contributed by atoms with Crippen molar-refractivity contribution in [2.75, 3.05) is 11.4 Å². The van der Waals surface area contributed by atoms with Crippen LogP contribution in [0.25, 0.3) is 0 Å². The van der Waals surface area contributed by atoms with Crippen molar-refractivity contribution in [1.29, 1.82) is 0 Å². The molecule has 2 aliphatic heterocycles. The van der Waals surface area contributed by atoms with E-state index in [1.165, 1.54) is 0 Å². The van der Waals surface area contributed by atoms with Crippen molar-refractivity contribution in [3.05, 3.63) is 65.2 Å². The number of ketones is 1. The van der Waals surface area contributed by atoms with Crippen LogP contribution in [0.2, 0.25) is 0 Å². The molecule has 0 N–H and O–H groups in total. The van der Waals surface area contributed by atoms with Gasteiger partial charge in [0.25, 0.3) is 5.91 Å². The lowest BCUT2D eigenvalue weighted by Crippen LogP contribution is -2.57. The number of nitrogens with zero attached hydrogens (tertiary/aromatic N) is 1. The van der Waals surface area contributed by atoms with Crippen molar-refractivity contribution >= 4 is 29.0 Å². The molecule has 23 heavy (non-hydrogen) atoms. The summed E-state index contributed by atoms with van der Waals surface area (Å²) in [6.07, 6.45) is 2.01. The summed E-state index contributed by atoms with van der Waals surface area (Å²) < 4.78 is 0. The van der Waals surface area contributed by atoms with E-state index >= 15 is 0 Å². The molecule has 0 radical (unpaired) electrons. The maximum absolute atomic E-state index is 13.0. The van der Waals surface area contributed by atoms with Crippen molar-refractivity contribution < 1.29 is 9.59 Å². The lowest BCUT2D eigenvalue weighted by atomic mass is 9.82. The zero-order valence-corrected chi connectivity index (χ0v) is 13.3. The molecule has 1 atom stereocenters. The van der Waals surface area contributed by atoms with E-state index < -0.39 is 4.87 Å². The van der Waals surface area contributed by atoms with E-state index in [0.717, 1.165) is 29.7 Å². The predicted octanol–water partition coefficient (Wildman–Crippen LogP) is 3.38. The normalized spacial score (nSPS) is 22.9. The molecule has 2 aromatic carbocycles.